The van der Waals surface area contributed by atoms with Crippen molar-refractivity contribution in [1.82, 2.24) is 9.80 Å². The van der Waals surface area contributed by atoms with E-state index in [0.29, 0.717) is 43.5 Å². The number of likely N-dealkylation sites (tertiary alicyclic amines) is 1. The monoisotopic (exact) mass is 536 g/mol. The first-order valence-corrected chi connectivity index (χ1v) is 13.1. The van der Waals surface area contributed by atoms with Crippen LogP contribution in [0.15, 0.2) is 42.5 Å². The van der Waals surface area contributed by atoms with Gasteiger partial charge in [0.1, 0.15) is 11.6 Å². The van der Waals surface area contributed by atoms with E-state index >= 15 is 8.78 Å². The zero-order chi connectivity index (χ0) is 27.6. The number of benzene rings is 2. The van der Waals surface area contributed by atoms with Crippen LogP contribution >= 0.6 is 0 Å². The first-order chi connectivity index (χ1) is 18.0. The lowest BCUT2D eigenvalue weighted by Crippen LogP contribution is -2.47. The van der Waals surface area contributed by atoms with Crippen LogP contribution in [0.2, 0.25) is 0 Å². The molecule has 2 aromatic carbocycles. The molecule has 1 fully saturated rings. The van der Waals surface area contributed by atoms with Crippen LogP contribution in [-0.2, 0) is 6.42 Å². The summed E-state index contributed by atoms with van der Waals surface area (Å²) in [6.07, 6.45) is -0.609. The number of alkyl halides is 4. The zero-order valence-electron chi connectivity index (χ0n) is 21.9. The Morgan fingerprint density at radius 1 is 1.13 bits per heavy atom. The van der Waals surface area contributed by atoms with Gasteiger partial charge >= 0.3 is 6.18 Å². The largest absolute Gasteiger partial charge is 0.401 e. The van der Waals surface area contributed by atoms with Gasteiger partial charge in [0.05, 0.1) is 19.3 Å². The van der Waals surface area contributed by atoms with Crippen molar-refractivity contribution < 1.29 is 26.3 Å². The zero-order valence-corrected chi connectivity index (χ0v) is 21.9. The fourth-order valence-corrected chi connectivity index (χ4v) is 5.64. The molecule has 0 saturated carbocycles. The molecule has 0 N–H and O–H groups in total. The molecule has 0 spiro atoms. The molecule has 8 heteroatoms. The van der Waals surface area contributed by atoms with E-state index < -0.39 is 43.1 Å². The topological polar surface area (TPSA) is 6.48 Å². The van der Waals surface area contributed by atoms with Gasteiger partial charge in [-0.15, -0.1) is 0 Å². The van der Waals surface area contributed by atoms with Gasteiger partial charge in [-0.25, -0.2) is 8.78 Å². The van der Waals surface area contributed by atoms with Gasteiger partial charge in [0.15, 0.2) is 0 Å². The van der Waals surface area contributed by atoms with Gasteiger partial charge in [-0.2, -0.15) is 13.2 Å². The Hall–Kier alpha value is -2.58. The number of rotatable bonds is 8. The molecule has 1 saturated heterocycles. The van der Waals surface area contributed by atoms with Gasteiger partial charge in [-0.1, -0.05) is 43.4 Å². The van der Waals surface area contributed by atoms with Gasteiger partial charge in [-0.05, 0) is 72.6 Å². The van der Waals surface area contributed by atoms with E-state index in [4.69, 9.17) is 0 Å². The highest BCUT2D eigenvalue weighted by Gasteiger charge is 2.42. The maximum atomic E-state index is 15.7. The van der Waals surface area contributed by atoms with E-state index in [-0.39, 0.29) is 5.56 Å². The maximum absolute atomic E-state index is 15.7. The maximum Gasteiger partial charge on any atom is 0.401 e. The minimum atomic E-state index is -4.53. The summed E-state index contributed by atoms with van der Waals surface area (Å²) in [6.45, 7) is 7.98. The van der Waals surface area contributed by atoms with Crippen molar-refractivity contribution in [3.05, 3.63) is 81.9 Å². The number of nitrogens with zero attached hydrogens (tertiary/aromatic N) is 2. The summed E-state index contributed by atoms with van der Waals surface area (Å²) in [5.74, 6) is -1.74. The molecular formula is C30H34F6N2. The number of hydrogen-bond acceptors (Lipinski definition) is 2. The second-order valence-electron chi connectivity index (χ2n) is 10.4. The minimum absolute atomic E-state index is 0.326. The van der Waals surface area contributed by atoms with Crippen molar-refractivity contribution in [3.8, 4) is 0 Å². The van der Waals surface area contributed by atoms with E-state index in [2.05, 4.69) is 11.5 Å². The molecule has 2 heterocycles. The average Bonchev–Trinajstić information content (AvgIpc) is 3.29. The van der Waals surface area contributed by atoms with Crippen LogP contribution in [0.5, 0.6) is 0 Å². The van der Waals surface area contributed by atoms with E-state index in [1.807, 2.05) is 13.0 Å². The van der Waals surface area contributed by atoms with E-state index in [1.165, 1.54) is 12.1 Å². The number of fused-ring (bicyclic) bond motifs is 1. The number of hydrogen-bond donors (Lipinski definition) is 0. The second-order valence-corrected chi connectivity index (χ2v) is 10.4. The highest BCUT2D eigenvalue weighted by atomic mass is 19.4. The van der Waals surface area contributed by atoms with Gasteiger partial charge in [0, 0.05) is 31.2 Å². The van der Waals surface area contributed by atoms with Crippen LogP contribution in [-0.4, -0.2) is 54.9 Å². The van der Waals surface area contributed by atoms with Crippen LogP contribution in [0.4, 0.5) is 26.3 Å². The van der Waals surface area contributed by atoms with E-state index in [9.17, 15) is 17.6 Å². The highest BCUT2D eigenvalue weighted by molar-refractivity contribution is 5.65. The van der Waals surface area contributed by atoms with E-state index in [0.717, 1.165) is 40.1 Å². The van der Waals surface area contributed by atoms with Gasteiger partial charge in [0.2, 0.25) is 0 Å². The van der Waals surface area contributed by atoms with Crippen molar-refractivity contribution in [2.45, 2.75) is 57.8 Å². The van der Waals surface area contributed by atoms with Crippen molar-refractivity contribution >= 4 is 11.6 Å². The van der Waals surface area contributed by atoms with Crippen LogP contribution in [0.25, 0.3) is 11.6 Å². The second kappa shape index (κ2) is 11.7. The molecule has 2 nitrogen and oxygen atoms in total. The molecular weight excluding hydrogens is 502 g/mol. The molecule has 0 aromatic heterocycles. The van der Waals surface area contributed by atoms with Gasteiger partial charge < -0.3 is 0 Å². The standard InChI is InChI=1S/C30H34F6N2/c1-4-19(2)23-6-7-25-24(16-23)12-20(3)38(18-30(34,35)36)29(25)28-26(32)14-22(15-27(28)33)13-21-8-11-37(17-21)10-5-9-31/h6-7,13-16,20,29H,2,4-5,8-12,17-18H2,1,3H3/b21-13-/t20-,29?/m1/s1. The van der Waals surface area contributed by atoms with E-state index in [1.54, 1.807) is 25.1 Å². The summed E-state index contributed by atoms with van der Waals surface area (Å²) in [6, 6.07) is 5.94. The molecule has 38 heavy (non-hydrogen) atoms. The lowest BCUT2D eigenvalue weighted by molar-refractivity contribution is -0.155. The van der Waals surface area contributed by atoms with Crippen molar-refractivity contribution in [2.24, 2.45) is 0 Å². The minimum Gasteiger partial charge on any atom is -0.299 e. The van der Waals surface area contributed by atoms with Crippen LogP contribution in [0.3, 0.4) is 0 Å². The van der Waals surface area contributed by atoms with Crippen LogP contribution in [0.1, 0.15) is 67.0 Å². The lowest BCUT2D eigenvalue weighted by atomic mass is 9.82. The Bertz CT molecular complexity index is 1180. The number of halogens is 6. The molecule has 1 unspecified atom stereocenters. The molecule has 4 rings (SSSR count). The SMILES string of the molecule is C=C(CC)c1ccc2c(c1)C[C@@H](C)N(CC(F)(F)F)C2c1c(F)cc(/C=C2/CCN(CCCF)C2)cc1F. The summed E-state index contributed by atoms with van der Waals surface area (Å²) in [5, 5.41) is 0. The third-order valence-electron chi connectivity index (χ3n) is 7.58. The van der Waals surface area contributed by atoms with Crippen molar-refractivity contribution in [2.75, 3.05) is 32.9 Å². The first kappa shape index (κ1) is 28.4. The Labute approximate surface area is 220 Å². The summed E-state index contributed by atoms with van der Waals surface area (Å²) in [5.41, 5.74) is 3.95. The van der Waals surface area contributed by atoms with Gasteiger partial charge in [0.25, 0.3) is 0 Å². The third kappa shape index (κ3) is 6.34. The third-order valence-corrected chi connectivity index (χ3v) is 7.58. The fourth-order valence-electron chi connectivity index (χ4n) is 5.64. The Morgan fingerprint density at radius 2 is 1.84 bits per heavy atom. The summed E-state index contributed by atoms with van der Waals surface area (Å²) >= 11 is 0. The predicted octanol–water partition coefficient (Wildman–Crippen LogP) is 7.74. The molecule has 206 valence electrons. The summed E-state index contributed by atoms with van der Waals surface area (Å²) in [7, 11) is 0. The smallest absolute Gasteiger partial charge is 0.299 e. The highest BCUT2D eigenvalue weighted by Crippen LogP contribution is 2.42. The first-order valence-electron chi connectivity index (χ1n) is 13.1. The quantitative estimate of drug-likeness (QED) is 0.319. The molecule has 2 aliphatic heterocycles. The van der Waals surface area contributed by atoms with Gasteiger partial charge in [-0.3, -0.25) is 14.2 Å². The normalized spacial score (nSPS) is 21.7. The summed E-state index contributed by atoms with van der Waals surface area (Å²) < 4.78 is 84.7. The molecule has 0 bridgehead atoms. The lowest BCUT2D eigenvalue weighted by Gasteiger charge is -2.42. The molecule has 0 radical (unpaired) electrons. The fraction of sp³-hybridized carbons (Fsp3) is 0.467. The van der Waals surface area contributed by atoms with Crippen molar-refractivity contribution in [1.29, 1.82) is 0 Å². The Balaban J connectivity index is 1.73. The molecule has 2 atom stereocenters. The predicted molar refractivity (Wildman–Crippen MR) is 140 cm³/mol. The van der Waals surface area contributed by atoms with Crippen LogP contribution in [0, 0.1) is 11.6 Å². The number of allylic oxidation sites excluding steroid dienone is 1. The Kier molecular flexibility index (Phi) is 8.72. The summed E-state index contributed by atoms with van der Waals surface area (Å²) in [4.78, 5) is 3.24. The van der Waals surface area contributed by atoms with Crippen LogP contribution < -0.4 is 0 Å². The molecule has 2 aromatic rings. The average molecular weight is 537 g/mol. The Morgan fingerprint density at radius 3 is 2.47 bits per heavy atom. The molecule has 2 aliphatic rings. The molecule has 0 aliphatic carbocycles. The van der Waals surface area contributed by atoms with Crippen molar-refractivity contribution in [3.63, 3.8) is 0 Å². The molecule has 0 amide bonds.